The number of hydrogen-bond acceptors (Lipinski definition) is 6. The number of amides is 1. The highest BCUT2D eigenvalue weighted by Crippen LogP contribution is 2.41. The second-order valence-electron chi connectivity index (χ2n) is 6.82. The van der Waals surface area contributed by atoms with Crippen LogP contribution >= 0.6 is 0 Å². The number of ether oxygens (including phenoxy) is 3. The standard InChI is InChI=1S/C20H23N5O4/c1-11-17(22-10-21-11)13-7-16(26)24-20-14(13)8-23-25(20)9-12-5-6-15(27-2)19(29-4)18(12)28-3/h5-6,8,10,13H,7,9H2,1-4H3,(H,21,22)(H,24,26)/t13-/m1/s1. The molecule has 2 aromatic heterocycles. The van der Waals surface area contributed by atoms with Crippen LogP contribution in [0.4, 0.5) is 5.82 Å². The Kier molecular flexibility index (Phi) is 4.87. The van der Waals surface area contributed by atoms with Crippen molar-refractivity contribution in [3.8, 4) is 17.2 Å². The number of aromatic nitrogens is 4. The predicted octanol–water partition coefficient (Wildman–Crippen LogP) is 2.46. The maximum Gasteiger partial charge on any atom is 0.226 e. The van der Waals surface area contributed by atoms with Crippen LogP contribution < -0.4 is 19.5 Å². The molecule has 9 heteroatoms. The summed E-state index contributed by atoms with van der Waals surface area (Å²) in [6, 6.07) is 3.72. The fraction of sp³-hybridized carbons (Fsp3) is 0.350. The van der Waals surface area contributed by atoms with Crippen molar-refractivity contribution in [2.75, 3.05) is 26.6 Å². The predicted molar refractivity (Wildman–Crippen MR) is 106 cm³/mol. The van der Waals surface area contributed by atoms with Crippen LogP contribution in [0.1, 0.15) is 34.9 Å². The lowest BCUT2D eigenvalue weighted by Crippen LogP contribution is -2.25. The third kappa shape index (κ3) is 3.18. The van der Waals surface area contributed by atoms with Crippen LogP contribution in [0, 0.1) is 6.92 Å². The quantitative estimate of drug-likeness (QED) is 0.662. The van der Waals surface area contributed by atoms with E-state index in [-0.39, 0.29) is 11.8 Å². The lowest BCUT2D eigenvalue weighted by Gasteiger charge is -2.23. The summed E-state index contributed by atoms with van der Waals surface area (Å²) in [4.78, 5) is 19.9. The number of fused-ring (bicyclic) bond motifs is 1. The summed E-state index contributed by atoms with van der Waals surface area (Å²) >= 11 is 0. The van der Waals surface area contributed by atoms with Crippen molar-refractivity contribution >= 4 is 11.7 Å². The number of carbonyl (C=O) groups excluding carboxylic acids is 1. The van der Waals surface area contributed by atoms with Gasteiger partial charge in [-0.25, -0.2) is 9.67 Å². The van der Waals surface area contributed by atoms with Gasteiger partial charge in [-0.05, 0) is 19.1 Å². The van der Waals surface area contributed by atoms with Crippen LogP contribution in [0.15, 0.2) is 24.7 Å². The Morgan fingerprint density at radius 2 is 1.97 bits per heavy atom. The van der Waals surface area contributed by atoms with E-state index in [1.807, 2.05) is 19.1 Å². The van der Waals surface area contributed by atoms with Gasteiger partial charge in [0.1, 0.15) is 5.82 Å². The Bertz CT molecular complexity index is 1060. The summed E-state index contributed by atoms with van der Waals surface area (Å²) < 4.78 is 18.1. The third-order valence-corrected chi connectivity index (χ3v) is 5.20. The molecule has 3 aromatic rings. The first-order valence-corrected chi connectivity index (χ1v) is 9.20. The largest absolute Gasteiger partial charge is 0.493 e. The molecular weight excluding hydrogens is 374 g/mol. The molecule has 4 rings (SSSR count). The van der Waals surface area contributed by atoms with E-state index >= 15 is 0 Å². The number of imidazole rings is 1. The number of nitrogens with one attached hydrogen (secondary N) is 2. The number of aryl methyl sites for hydroxylation is 1. The molecule has 0 aliphatic carbocycles. The Balaban J connectivity index is 1.73. The summed E-state index contributed by atoms with van der Waals surface area (Å²) in [5.74, 6) is 2.14. The number of aromatic amines is 1. The second-order valence-corrected chi connectivity index (χ2v) is 6.82. The summed E-state index contributed by atoms with van der Waals surface area (Å²) in [5.41, 5.74) is 3.61. The van der Waals surface area contributed by atoms with Crippen molar-refractivity contribution in [1.29, 1.82) is 0 Å². The Hall–Kier alpha value is -3.49. The number of H-pyrrole nitrogens is 1. The van der Waals surface area contributed by atoms with E-state index < -0.39 is 0 Å². The molecule has 29 heavy (non-hydrogen) atoms. The van der Waals surface area contributed by atoms with Crippen molar-refractivity contribution < 1.29 is 19.0 Å². The van der Waals surface area contributed by atoms with Gasteiger partial charge < -0.3 is 24.5 Å². The van der Waals surface area contributed by atoms with E-state index in [1.165, 1.54) is 0 Å². The van der Waals surface area contributed by atoms with Gasteiger partial charge in [-0.3, -0.25) is 4.79 Å². The molecule has 0 fully saturated rings. The van der Waals surface area contributed by atoms with Crippen LogP contribution in [0.5, 0.6) is 17.2 Å². The van der Waals surface area contributed by atoms with Crippen molar-refractivity contribution in [1.82, 2.24) is 19.7 Å². The summed E-state index contributed by atoms with van der Waals surface area (Å²) in [5, 5.41) is 7.48. The SMILES string of the molecule is COc1ccc(Cn2ncc3c2NC(=O)C[C@H]3c2nc[nH]c2C)c(OC)c1OC. The van der Waals surface area contributed by atoms with Crippen LogP contribution in [0.25, 0.3) is 0 Å². The van der Waals surface area contributed by atoms with Gasteiger partial charge in [-0.1, -0.05) is 0 Å². The maximum atomic E-state index is 12.4. The van der Waals surface area contributed by atoms with E-state index in [0.717, 1.165) is 22.5 Å². The molecule has 1 atom stereocenters. The van der Waals surface area contributed by atoms with E-state index in [0.29, 0.717) is 36.0 Å². The molecule has 9 nitrogen and oxygen atoms in total. The number of anilines is 1. The van der Waals surface area contributed by atoms with Crippen molar-refractivity contribution in [2.24, 2.45) is 0 Å². The molecular formula is C20H23N5O4. The number of hydrogen-bond donors (Lipinski definition) is 2. The fourth-order valence-electron chi connectivity index (χ4n) is 3.80. The van der Waals surface area contributed by atoms with Gasteiger partial charge in [0.2, 0.25) is 11.7 Å². The highest BCUT2D eigenvalue weighted by Gasteiger charge is 2.32. The average Bonchev–Trinajstić information content (AvgIpc) is 3.33. The fourth-order valence-corrected chi connectivity index (χ4v) is 3.80. The minimum atomic E-state index is -0.133. The smallest absolute Gasteiger partial charge is 0.226 e. The number of carbonyl (C=O) groups is 1. The third-order valence-electron chi connectivity index (χ3n) is 5.20. The zero-order valence-corrected chi connectivity index (χ0v) is 16.8. The summed E-state index contributed by atoms with van der Waals surface area (Å²) in [6.07, 6.45) is 3.78. The minimum absolute atomic E-state index is 0.0640. The molecule has 1 aliphatic heterocycles. The van der Waals surface area contributed by atoms with Gasteiger partial charge in [-0.2, -0.15) is 5.10 Å². The molecule has 3 heterocycles. The molecule has 0 saturated carbocycles. The van der Waals surface area contributed by atoms with Crippen molar-refractivity contribution in [3.05, 3.63) is 47.2 Å². The van der Waals surface area contributed by atoms with Crippen molar-refractivity contribution in [2.45, 2.75) is 25.8 Å². The Labute approximate surface area is 168 Å². The maximum absolute atomic E-state index is 12.4. The molecule has 152 valence electrons. The number of benzene rings is 1. The van der Waals surface area contributed by atoms with Crippen molar-refractivity contribution in [3.63, 3.8) is 0 Å². The molecule has 1 aliphatic rings. The summed E-state index contributed by atoms with van der Waals surface area (Å²) in [7, 11) is 4.72. The highest BCUT2D eigenvalue weighted by atomic mass is 16.5. The number of nitrogens with zero attached hydrogens (tertiary/aromatic N) is 3. The van der Waals surface area contributed by atoms with Gasteiger partial charge in [0.15, 0.2) is 11.5 Å². The zero-order chi connectivity index (χ0) is 20.5. The molecule has 1 amide bonds. The lowest BCUT2D eigenvalue weighted by atomic mass is 9.90. The lowest BCUT2D eigenvalue weighted by molar-refractivity contribution is -0.116. The Morgan fingerprint density at radius 1 is 1.17 bits per heavy atom. The highest BCUT2D eigenvalue weighted by molar-refractivity contribution is 5.94. The average molecular weight is 397 g/mol. The molecule has 0 saturated heterocycles. The monoisotopic (exact) mass is 397 g/mol. The first kappa shape index (κ1) is 18.9. The molecule has 0 radical (unpaired) electrons. The van der Waals surface area contributed by atoms with E-state index in [1.54, 1.807) is 38.5 Å². The molecule has 2 N–H and O–H groups in total. The van der Waals surface area contributed by atoms with E-state index in [9.17, 15) is 4.79 Å². The number of rotatable bonds is 6. The first-order chi connectivity index (χ1) is 14.1. The molecule has 1 aromatic carbocycles. The molecule has 0 unspecified atom stereocenters. The molecule has 0 spiro atoms. The molecule has 0 bridgehead atoms. The van der Waals surface area contributed by atoms with Gasteiger partial charge in [0, 0.05) is 29.2 Å². The van der Waals surface area contributed by atoms with Gasteiger partial charge in [0.05, 0.1) is 46.1 Å². The van der Waals surface area contributed by atoms with E-state index in [4.69, 9.17) is 14.2 Å². The topological polar surface area (TPSA) is 103 Å². The van der Waals surface area contributed by atoms with Crippen LogP contribution in [0.3, 0.4) is 0 Å². The van der Waals surface area contributed by atoms with Gasteiger partial charge in [-0.15, -0.1) is 0 Å². The van der Waals surface area contributed by atoms with Gasteiger partial charge in [0.25, 0.3) is 0 Å². The van der Waals surface area contributed by atoms with Gasteiger partial charge >= 0.3 is 0 Å². The minimum Gasteiger partial charge on any atom is -0.493 e. The van der Waals surface area contributed by atoms with E-state index in [2.05, 4.69) is 20.4 Å². The van der Waals surface area contributed by atoms with Crippen LogP contribution in [0.2, 0.25) is 0 Å². The number of methoxy groups -OCH3 is 3. The normalized spacial score (nSPS) is 15.6. The first-order valence-electron chi connectivity index (χ1n) is 9.20. The van der Waals surface area contributed by atoms with Crippen LogP contribution in [-0.2, 0) is 11.3 Å². The van der Waals surface area contributed by atoms with Crippen LogP contribution in [-0.4, -0.2) is 47.0 Å². The zero-order valence-electron chi connectivity index (χ0n) is 16.8. The second kappa shape index (κ2) is 7.50. The Morgan fingerprint density at radius 3 is 2.62 bits per heavy atom. The summed E-state index contributed by atoms with van der Waals surface area (Å²) in [6.45, 7) is 2.35.